The molecule has 0 spiro atoms. The lowest BCUT2D eigenvalue weighted by molar-refractivity contribution is -0.140. The third kappa shape index (κ3) is 5.60. The van der Waals surface area contributed by atoms with E-state index in [1.165, 1.54) is 4.90 Å². The molecular formula is C33H30N2O4. The van der Waals surface area contributed by atoms with Crippen LogP contribution in [0.15, 0.2) is 103 Å². The zero-order valence-corrected chi connectivity index (χ0v) is 22.0. The Kier molecular flexibility index (Phi) is 7.55. The number of hydrogen-bond acceptors (Lipinski definition) is 5. The molecule has 1 saturated heterocycles. The number of hydrogen-bond donors (Lipinski definition) is 1. The molecule has 1 unspecified atom stereocenters. The van der Waals surface area contributed by atoms with Crippen LogP contribution < -0.4 is 4.74 Å². The highest BCUT2D eigenvalue weighted by atomic mass is 16.5. The van der Waals surface area contributed by atoms with E-state index in [9.17, 15) is 14.7 Å². The average molecular weight is 519 g/mol. The van der Waals surface area contributed by atoms with Crippen LogP contribution in [0, 0.1) is 6.92 Å². The van der Waals surface area contributed by atoms with Gasteiger partial charge in [0.05, 0.1) is 11.6 Å². The lowest BCUT2D eigenvalue weighted by atomic mass is 9.94. The van der Waals surface area contributed by atoms with Crippen LogP contribution in [0.5, 0.6) is 5.75 Å². The van der Waals surface area contributed by atoms with Gasteiger partial charge in [-0.3, -0.25) is 14.6 Å². The second-order valence-electron chi connectivity index (χ2n) is 9.69. The fraction of sp³-hybridized carbons (Fsp3) is 0.182. The van der Waals surface area contributed by atoms with Crippen molar-refractivity contribution < 1.29 is 19.4 Å². The van der Waals surface area contributed by atoms with Crippen LogP contribution in [0.25, 0.3) is 5.76 Å². The van der Waals surface area contributed by atoms with Gasteiger partial charge >= 0.3 is 0 Å². The molecule has 1 aromatic heterocycles. The number of aliphatic hydroxyl groups is 1. The van der Waals surface area contributed by atoms with Crippen LogP contribution >= 0.6 is 0 Å². The summed E-state index contributed by atoms with van der Waals surface area (Å²) >= 11 is 0. The zero-order chi connectivity index (χ0) is 27.4. The van der Waals surface area contributed by atoms with Gasteiger partial charge in [-0.2, -0.15) is 0 Å². The molecule has 1 aliphatic rings. The van der Waals surface area contributed by atoms with Crippen LogP contribution in [0.2, 0.25) is 0 Å². The van der Waals surface area contributed by atoms with Crippen LogP contribution in [-0.2, 0) is 29.2 Å². The summed E-state index contributed by atoms with van der Waals surface area (Å²) in [6.07, 6.45) is 4.20. The van der Waals surface area contributed by atoms with Crippen molar-refractivity contribution in [3.8, 4) is 5.75 Å². The van der Waals surface area contributed by atoms with Crippen molar-refractivity contribution in [1.82, 2.24) is 9.88 Å². The number of amides is 1. The predicted octanol–water partition coefficient (Wildman–Crippen LogP) is 6.15. The summed E-state index contributed by atoms with van der Waals surface area (Å²) in [7, 11) is 0. The number of carbonyl (C=O) groups excluding carboxylic acids is 2. The van der Waals surface area contributed by atoms with Crippen LogP contribution in [-0.4, -0.2) is 26.7 Å². The second-order valence-corrected chi connectivity index (χ2v) is 9.69. The summed E-state index contributed by atoms with van der Waals surface area (Å²) in [6.45, 7) is 4.71. The Balaban J connectivity index is 1.47. The largest absolute Gasteiger partial charge is 0.507 e. The van der Waals surface area contributed by atoms with Crippen molar-refractivity contribution in [1.29, 1.82) is 0 Å². The molecule has 0 saturated carbocycles. The van der Waals surface area contributed by atoms with E-state index < -0.39 is 17.7 Å². The van der Waals surface area contributed by atoms with E-state index in [-0.39, 0.29) is 17.9 Å². The van der Waals surface area contributed by atoms with Gasteiger partial charge in [-0.05, 0) is 65.9 Å². The first kappa shape index (κ1) is 25.9. The third-order valence-corrected chi connectivity index (χ3v) is 6.94. The molecule has 1 atom stereocenters. The fourth-order valence-electron chi connectivity index (χ4n) is 4.85. The van der Waals surface area contributed by atoms with Crippen LogP contribution in [0.4, 0.5) is 0 Å². The first-order chi connectivity index (χ1) is 18.9. The van der Waals surface area contributed by atoms with Gasteiger partial charge in [0, 0.05) is 24.5 Å². The summed E-state index contributed by atoms with van der Waals surface area (Å²) in [4.78, 5) is 32.2. The van der Waals surface area contributed by atoms with Gasteiger partial charge in [-0.25, -0.2) is 0 Å². The lowest BCUT2D eigenvalue weighted by Gasteiger charge is -2.25. The van der Waals surface area contributed by atoms with Crippen molar-refractivity contribution in [2.24, 2.45) is 0 Å². The summed E-state index contributed by atoms with van der Waals surface area (Å²) in [6, 6.07) is 25.7. The van der Waals surface area contributed by atoms with Gasteiger partial charge in [-0.15, -0.1) is 0 Å². The lowest BCUT2D eigenvalue weighted by Crippen LogP contribution is -2.29. The number of likely N-dealkylation sites (tertiary alicyclic amines) is 1. The minimum Gasteiger partial charge on any atom is -0.507 e. The third-order valence-electron chi connectivity index (χ3n) is 6.94. The number of ketones is 1. The fourth-order valence-corrected chi connectivity index (χ4v) is 4.85. The first-order valence-electron chi connectivity index (χ1n) is 13.0. The maximum atomic E-state index is 13.3. The Labute approximate surface area is 228 Å². The molecule has 5 rings (SSSR count). The van der Waals surface area contributed by atoms with Gasteiger partial charge in [0.15, 0.2) is 0 Å². The number of aromatic nitrogens is 1. The number of pyridine rings is 1. The average Bonchev–Trinajstić information content (AvgIpc) is 3.21. The molecular weight excluding hydrogens is 488 g/mol. The topological polar surface area (TPSA) is 79.7 Å². The molecule has 1 fully saturated rings. The van der Waals surface area contributed by atoms with Crippen molar-refractivity contribution in [3.05, 3.63) is 136 Å². The highest BCUT2D eigenvalue weighted by Gasteiger charge is 2.46. The van der Waals surface area contributed by atoms with Crippen molar-refractivity contribution in [3.63, 3.8) is 0 Å². The highest BCUT2D eigenvalue weighted by molar-refractivity contribution is 6.46. The first-order valence-corrected chi connectivity index (χ1v) is 13.0. The van der Waals surface area contributed by atoms with Crippen molar-refractivity contribution >= 4 is 17.4 Å². The molecule has 6 nitrogen and oxygen atoms in total. The Morgan fingerprint density at radius 3 is 2.33 bits per heavy atom. The quantitative estimate of drug-likeness (QED) is 0.172. The minimum atomic E-state index is -0.728. The number of nitrogens with zero attached hydrogens (tertiary/aromatic N) is 2. The second kappa shape index (κ2) is 11.4. The summed E-state index contributed by atoms with van der Waals surface area (Å²) < 4.78 is 5.91. The molecule has 6 heteroatoms. The van der Waals surface area contributed by atoms with Gasteiger partial charge < -0.3 is 14.7 Å². The van der Waals surface area contributed by atoms with Gasteiger partial charge in [0.2, 0.25) is 0 Å². The van der Waals surface area contributed by atoms with E-state index in [4.69, 9.17) is 4.74 Å². The van der Waals surface area contributed by atoms with E-state index in [0.717, 1.165) is 34.2 Å². The molecule has 0 bridgehead atoms. The Morgan fingerprint density at radius 2 is 1.67 bits per heavy atom. The van der Waals surface area contributed by atoms with Crippen LogP contribution in [0.1, 0.15) is 46.3 Å². The molecule has 0 aliphatic carbocycles. The van der Waals surface area contributed by atoms with Gasteiger partial charge in [0.1, 0.15) is 18.1 Å². The smallest absolute Gasteiger partial charge is 0.295 e. The summed E-state index contributed by atoms with van der Waals surface area (Å²) in [5, 5.41) is 11.4. The SMILES string of the molecule is CCc1ccc(C2/C(=C(\O)c3ccc(OCc4cccc(C)c4)cc3)C(=O)C(=O)N2Cc2cccnc2)cc1. The molecule has 0 radical (unpaired) electrons. The number of benzene rings is 3. The molecule has 39 heavy (non-hydrogen) atoms. The predicted molar refractivity (Wildman–Crippen MR) is 150 cm³/mol. The van der Waals surface area contributed by atoms with E-state index >= 15 is 0 Å². The number of rotatable bonds is 8. The molecule has 2 heterocycles. The summed E-state index contributed by atoms with van der Waals surface area (Å²) in [5.74, 6) is -0.933. The van der Waals surface area contributed by atoms with E-state index in [1.54, 1.807) is 42.7 Å². The Hall–Kier alpha value is -4.71. The number of carbonyl (C=O) groups is 2. The number of aryl methyl sites for hydroxylation is 2. The van der Waals surface area contributed by atoms with E-state index in [1.807, 2.05) is 55.5 Å². The molecule has 1 aliphatic heterocycles. The van der Waals surface area contributed by atoms with E-state index in [0.29, 0.717) is 17.9 Å². The van der Waals surface area contributed by atoms with Crippen molar-refractivity contribution in [2.75, 3.05) is 0 Å². The molecule has 196 valence electrons. The van der Waals surface area contributed by atoms with E-state index in [2.05, 4.69) is 18.0 Å². The standard InChI is InChI=1S/C33H30N2O4/c1-3-23-9-11-26(12-10-23)30-29(32(37)33(38)35(30)20-25-8-5-17-34-19-25)31(36)27-13-15-28(16-14-27)39-21-24-7-4-6-22(2)18-24/h4-19,30,36H,3,20-21H2,1-2H3/b31-29+. The molecule has 4 aromatic rings. The normalized spacial score (nSPS) is 16.5. The maximum Gasteiger partial charge on any atom is 0.295 e. The monoisotopic (exact) mass is 518 g/mol. The Bertz CT molecular complexity index is 1510. The zero-order valence-electron chi connectivity index (χ0n) is 22.0. The molecule has 3 aromatic carbocycles. The maximum absolute atomic E-state index is 13.3. The van der Waals surface area contributed by atoms with Gasteiger partial charge in [0.25, 0.3) is 11.7 Å². The van der Waals surface area contributed by atoms with Crippen molar-refractivity contribution in [2.45, 2.75) is 39.5 Å². The number of aliphatic hydroxyl groups excluding tert-OH is 1. The minimum absolute atomic E-state index is 0.0709. The molecule has 1 N–H and O–H groups in total. The number of Topliss-reactive ketones (excluding diaryl/α,β-unsaturated/α-hetero) is 1. The molecule has 1 amide bonds. The van der Waals surface area contributed by atoms with Gasteiger partial charge in [-0.1, -0.05) is 67.1 Å². The highest BCUT2D eigenvalue weighted by Crippen LogP contribution is 2.40. The summed E-state index contributed by atoms with van der Waals surface area (Å²) in [5.41, 5.74) is 5.43. The number of ether oxygens (including phenoxy) is 1. The Morgan fingerprint density at radius 1 is 0.923 bits per heavy atom. The van der Waals surface area contributed by atoms with Crippen LogP contribution in [0.3, 0.4) is 0 Å².